The van der Waals surface area contributed by atoms with Crippen LogP contribution in [0.5, 0.6) is 0 Å². The summed E-state index contributed by atoms with van der Waals surface area (Å²) in [5.41, 5.74) is 1.64. The van der Waals surface area contributed by atoms with E-state index in [2.05, 4.69) is 4.98 Å². The second-order valence-electron chi connectivity index (χ2n) is 2.82. The maximum absolute atomic E-state index is 13.2. The first-order valence-corrected chi connectivity index (χ1v) is 5.22. The molecule has 2 aromatic rings. The number of pyridine rings is 1. The van der Waals surface area contributed by atoms with Crippen LogP contribution in [0.3, 0.4) is 0 Å². The summed E-state index contributed by atoms with van der Waals surface area (Å²) in [6.07, 6.45) is 1.49. The molecule has 0 bridgehead atoms. The predicted octanol–water partition coefficient (Wildman–Crippen LogP) is 3.49. The Morgan fingerprint density at radius 3 is 2.50 bits per heavy atom. The molecule has 0 amide bonds. The number of aromatic nitrogens is 1. The second kappa shape index (κ2) is 4.04. The fourth-order valence-electron chi connectivity index (χ4n) is 1.22. The Kier molecular flexibility index (Phi) is 2.77. The highest BCUT2D eigenvalue weighted by atomic mass is 127. The Hall–Kier alpha value is -0.970. The fraction of sp³-hybridized carbons (Fsp3) is 0. The van der Waals surface area contributed by atoms with Crippen molar-refractivity contribution >= 4 is 22.6 Å². The van der Waals surface area contributed by atoms with Crippen LogP contribution >= 0.6 is 22.6 Å². The van der Waals surface area contributed by atoms with E-state index in [9.17, 15) is 4.39 Å². The molecule has 0 fully saturated rings. The maximum atomic E-state index is 13.2. The lowest BCUT2D eigenvalue weighted by Gasteiger charge is -2.03. The van der Waals surface area contributed by atoms with Crippen molar-refractivity contribution in [2.24, 2.45) is 0 Å². The largest absolute Gasteiger partial charge is 0.255 e. The van der Waals surface area contributed by atoms with Crippen LogP contribution in [-0.2, 0) is 0 Å². The van der Waals surface area contributed by atoms with E-state index in [4.69, 9.17) is 0 Å². The highest BCUT2D eigenvalue weighted by Crippen LogP contribution is 2.24. The summed E-state index contributed by atoms with van der Waals surface area (Å²) in [5.74, 6) is -0.223. The number of hydrogen-bond acceptors (Lipinski definition) is 1. The molecule has 1 nitrogen and oxygen atoms in total. The molecule has 0 aliphatic heterocycles. The van der Waals surface area contributed by atoms with E-state index in [0.29, 0.717) is 9.26 Å². The van der Waals surface area contributed by atoms with Crippen LogP contribution in [0.1, 0.15) is 0 Å². The molecule has 0 atom stereocenters. The summed E-state index contributed by atoms with van der Waals surface area (Å²) in [6, 6.07) is 11.0. The van der Waals surface area contributed by atoms with Crippen molar-refractivity contribution in [3.63, 3.8) is 0 Å². The minimum atomic E-state index is -0.223. The minimum Gasteiger partial charge on any atom is -0.255 e. The summed E-state index contributed by atoms with van der Waals surface area (Å²) in [7, 11) is 0. The molecule has 70 valence electrons. The first kappa shape index (κ1) is 9.58. The number of benzene rings is 1. The van der Waals surface area contributed by atoms with E-state index in [1.54, 1.807) is 0 Å². The van der Waals surface area contributed by atoms with Crippen molar-refractivity contribution in [1.82, 2.24) is 4.98 Å². The van der Waals surface area contributed by atoms with Crippen LogP contribution in [0.15, 0.2) is 42.6 Å². The van der Waals surface area contributed by atoms with Gasteiger partial charge in [-0.2, -0.15) is 0 Å². The van der Waals surface area contributed by atoms with E-state index >= 15 is 0 Å². The normalized spacial score (nSPS) is 10.1. The van der Waals surface area contributed by atoms with Gasteiger partial charge in [-0.15, -0.1) is 0 Å². The molecule has 1 aromatic heterocycles. The van der Waals surface area contributed by atoms with Gasteiger partial charge in [-0.05, 0) is 28.7 Å². The minimum absolute atomic E-state index is 0.223. The second-order valence-corrected chi connectivity index (χ2v) is 3.90. The van der Waals surface area contributed by atoms with E-state index in [1.807, 2.05) is 52.9 Å². The van der Waals surface area contributed by atoms with Crippen molar-refractivity contribution < 1.29 is 4.39 Å². The third-order valence-corrected chi connectivity index (χ3v) is 2.92. The monoisotopic (exact) mass is 299 g/mol. The van der Waals surface area contributed by atoms with Gasteiger partial charge in [0.05, 0.1) is 9.26 Å². The van der Waals surface area contributed by atoms with E-state index in [-0.39, 0.29) is 5.82 Å². The Labute approximate surface area is 95.1 Å². The summed E-state index contributed by atoms with van der Waals surface area (Å²) >= 11 is 1.97. The molecule has 1 aromatic carbocycles. The van der Waals surface area contributed by atoms with Gasteiger partial charge in [-0.25, -0.2) is 4.39 Å². The molecule has 2 rings (SSSR count). The Morgan fingerprint density at radius 1 is 1.07 bits per heavy atom. The lowest BCUT2D eigenvalue weighted by Crippen LogP contribution is -1.90. The lowest BCUT2D eigenvalue weighted by atomic mass is 10.1. The third-order valence-electron chi connectivity index (χ3n) is 1.89. The fourth-order valence-corrected chi connectivity index (χ4v) is 1.85. The standard InChI is InChI=1S/C11H7FIN/c12-9-6-7-14-11(10(9)13)8-4-2-1-3-5-8/h1-7H. The smallest absolute Gasteiger partial charge is 0.140 e. The topological polar surface area (TPSA) is 12.9 Å². The highest BCUT2D eigenvalue weighted by Gasteiger charge is 2.07. The molecule has 0 aliphatic rings. The molecule has 0 N–H and O–H groups in total. The maximum Gasteiger partial charge on any atom is 0.140 e. The van der Waals surface area contributed by atoms with Crippen molar-refractivity contribution in [2.45, 2.75) is 0 Å². The Bertz CT molecular complexity index is 442. The summed E-state index contributed by atoms with van der Waals surface area (Å²) < 4.78 is 13.8. The van der Waals surface area contributed by atoms with Crippen molar-refractivity contribution in [1.29, 1.82) is 0 Å². The molecule has 0 saturated carbocycles. The zero-order valence-corrected chi connectivity index (χ0v) is 9.40. The van der Waals surface area contributed by atoms with E-state index in [0.717, 1.165) is 5.56 Å². The van der Waals surface area contributed by atoms with Gasteiger partial charge < -0.3 is 0 Å². The van der Waals surface area contributed by atoms with Gasteiger partial charge in [0.1, 0.15) is 5.82 Å². The van der Waals surface area contributed by atoms with Crippen LogP contribution in [0.2, 0.25) is 0 Å². The molecule has 0 radical (unpaired) electrons. The summed E-state index contributed by atoms with van der Waals surface area (Å²) in [4.78, 5) is 4.16. The van der Waals surface area contributed by atoms with E-state index < -0.39 is 0 Å². The Balaban J connectivity index is 2.58. The number of hydrogen-bond donors (Lipinski definition) is 0. The summed E-state index contributed by atoms with van der Waals surface area (Å²) in [6.45, 7) is 0. The molecular weight excluding hydrogens is 292 g/mol. The molecular formula is C11H7FIN. The van der Waals surface area contributed by atoms with Gasteiger partial charge in [-0.3, -0.25) is 4.98 Å². The first-order chi connectivity index (χ1) is 6.79. The van der Waals surface area contributed by atoms with Gasteiger partial charge in [0.2, 0.25) is 0 Å². The zero-order chi connectivity index (χ0) is 9.97. The van der Waals surface area contributed by atoms with Crippen LogP contribution in [0.4, 0.5) is 4.39 Å². The molecule has 3 heteroatoms. The third kappa shape index (κ3) is 1.77. The van der Waals surface area contributed by atoms with Gasteiger partial charge in [0, 0.05) is 11.8 Å². The van der Waals surface area contributed by atoms with Crippen LogP contribution < -0.4 is 0 Å². The lowest BCUT2D eigenvalue weighted by molar-refractivity contribution is 0.618. The first-order valence-electron chi connectivity index (χ1n) is 4.14. The van der Waals surface area contributed by atoms with Crippen LogP contribution in [0.25, 0.3) is 11.3 Å². The molecule has 0 aliphatic carbocycles. The van der Waals surface area contributed by atoms with Gasteiger partial charge >= 0.3 is 0 Å². The van der Waals surface area contributed by atoms with Gasteiger partial charge in [0.25, 0.3) is 0 Å². The van der Waals surface area contributed by atoms with Crippen LogP contribution in [0, 0.1) is 9.39 Å². The molecule has 0 saturated heterocycles. The highest BCUT2D eigenvalue weighted by molar-refractivity contribution is 14.1. The van der Waals surface area contributed by atoms with E-state index in [1.165, 1.54) is 12.3 Å². The van der Waals surface area contributed by atoms with Gasteiger partial charge in [-0.1, -0.05) is 30.3 Å². The quantitative estimate of drug-likeness (QED) is 0.735. The zero-order valence-electron chi connectivity index (χ0n) is 7.24. The molecule has 0 unspecified atom stereocenters. The van der Waals surface area contributed by atoms with Crippen molar-refractivity contribution in [3.8, 4) is 11.3 Å². The van der Waals surface area contributed by atoms with Crippen molar-refractivity contribution in [2.75, 3.05) is 0 Å². The number of halogens is 2. The average molecular weight is 299 g/mol. The van der Waals surface area contributed by atoms with Gasteiger partial charge in [0.15, 0.2) is 0 Å². The number of rotatable bonds is 1. The summed E-state index contributed by atoms with van der Waals surface area (Å²) in [5, 5.41) is 0. The predicted molar refractivity (Wildman–Crippen MR) is 62.3 cm³/mol. The van der Waals surface area contributed by atoms with Crippen LogP contribution in [-0.4, -0.2) is 4.98 Å². The molecule has 0 spiro atoms. The molecule has 14 heavy (non-hydrogen) atoms. The molecule has 1 heterocycles. The SMILES string of the molecule is Fc1ccnc(-c2ccccc2)c1I. The Morgan fingerprint density at radius 2 is 1.79 bits per heavy atom. The van der Waals surface area contributed by atoms with Crippen molar-refractivity contribution in [3.05, 3.63) is 52.0 Å². The number of nitrogens with zero attached hydrogens (tertiary/aromatic N) is 1. The average Bonchev–Trinajstić information content (AvgIpc) is 2.23.